The number of carboxylic acids is 1. The molecule has 0 spiro atoms. The minimum atomic E-state index is -0.942. The molecule has 0 aromatic heterocycles. The molecule has 1 fully saturated rings. The highest BCUT2D eigenvalue weighted by Crippen LogP contribution is 2.23. The van der Waals surface area contributed by atoms with E-state index in [9.17, 15) is 14.4 Å². The molecule has 0 bridgehead atoms. The fourth-order valence-electron chi connectivity index (χ4n) is 2.96. The lowest BCUT2D eigenvalue weighted by Gasteiger charge is -2.31. The summed E-state index contributed by atoms with van der Waals surface area (Å²) in [5.41, 5.74) is 1.20. The number of thioether (sulfide) groups is 1. The van der Waals surface area contributed by atoms with E-state index in [0.717, 1.165) is 24.6 Å². The molecule has 0 unspecified atom stereocenters. The van der Waals surface area contributed by atoms with Gasteiger partial charge in [-0.1, -0.05) is 19.3 Å². The van der Waals surface area contributed by atoms with Gasteiger partial charge in [-0.3, -0.25) is 14.4 Å². The van der Waals surface area contributed by atoms with Crippen molar-refractivity contribution in [2.45, 2.75) is 38.1 Å². The Morgan fingerprint density at radius 3 is 2.36 bits per heavy atom. The van der Waals surface area contributed by atoms with Gasteiger partial charge in [-0.05, 0) is 37.1 Å². The third kappa shape index (κ3) is 6.08. The number of nitrogens with zero attached hydrogens (tertiary/aromatic N) is 1. The fourth-order valence-corrected chi connectivity index (χ4v) is 3.50. The van der Waals surface area contributed by atoms with Crippen LogP contribution in [0.15, 0.2) is 24.3 Å². The molecule has 1 saturated carbocycles. The van der Waals surface area contributed by atoms with Gasteiger partial charge in [-0.15, -0.1) is 11.8 Å². The highest BCUT2D eigenvalue weighted by Gasteiger charge is 2.22. The maximum atomic E-state index is 12.6. The lowest BCUT2D eigenvalue weighted by molar-refractivity contribution is -0.133. The maximum absolute atomic E-state index is 12.6. The fraction of sp³-hybridized carbons (Fsp3) is 0.500. The number of anilines is 1. The quantitative estimate of drug-likeness (QED) is 0.777. The van der Waals surface area contributed by atoms with Crippen LogP contribution in [0.25, 0.3) is 0 Å². The zero-order valence-corrected chi connectivity index (χ0v) is 15.2. The number of aliphatic carboxylic acids is 1. The molecule has 1 aromatic carbocycles. The van der Waals surface area contributed by atoms with Gasteiger partial charge >= 0.3 is 5.97 Å². The van der Waals surface area contributed by atoms with Gasteiger partial charge in [0.1, 0.15) is 0 Å². The van der Waals surface area contributed by atoms with Crippen LogP contribution in [0, 0.1) is 0 Å². The molecule has 2 N–H and O–H groups in total. The van der Waals surface area contributed by atoms with E-state index in [4.69, 9.17) is 5.11 Å². The first kappa shape index (κ1) is 19.3. The van der Waals surface area contributed by atoms with Crippen LogP contribution < -0.4 is 5.32 Å². The molecule has 1 aromatic rings. The summed E-state index contributed by atoms with van der Waals surface area (Å²) in [5.74, 6) is -1.22. The molecule has 136 valence electrons. The van der Waals surface area contributed by atoms with Crippen molar-refractivity contribution in [1.82, 2.24) is 4.90 Å². The minimum Gasteiger partial charge on any atom is -0.481 e. The number of carbonyl (C=O) groups excluding carboxylic acids is 2. The van der Waals surface area contributed by atoms with E-state index in [1.807, 2.05) is 11.9 Å². The number of carboxylic acid groups (broad SMARTS) is 1. The minimum absolute atomic E-state index is 0.00166. The number of rotatable bonds is 7. The van der Waals surface area contributed by atoms with Gasteiger partial charge in [0.15, 0.2) is 0 Å². The van der Waals surface area contributed by atoms with Crippen molar-refractivity contribution >= 4 is 35.2 Å². The normalized spacial score (nSPS) is 14.8. The average molecular weight is 364 g/mol. The van der Waals surface area contributed by atoms with E-state index in [2.05, 4.69) is 5.32 Å². The summed E-state index contributed by atoms with van der Waals surface area (Å²) in [6.07, 6.45) is 5.72. The molecule has 1 aliphatic rings. The second-order valence-electron chi connectivity index (χ2n) is 6.22. The van der Waals surface area contributed by atoms with Crippen LogP contribution in [-0.4, -0.2) is 52.4 Å². The smallest absolute Gasteiger partial charge is 0.313 e. The Balaban J connectivity index is 1.87. The molecular formula is C18H24N2O4S. The summed E-state index contributed by atoms with van der Waals surface area (Å²) in [6.45, 7) is 0. The Bertz CT molecular complexity index is 612. The van der Waals surface area contributed by atoms with Crippen molar-refractivity contribution < 1.29 is 19.5 Å². The summed E-state index contributed by atoms with van der Waals surface area (Å²) in [6, 6.07) is 7.12. The van der Waals surface area contributed by atoms with Crippen molar-refractivity contribution in [3.63, 3.8) is 0 Å². The van der Waals surface area contributed by atoms with Crippen LogP contribution in [0.1, 0.15) is 42.5 Å². The molecule has 0 heterocycles. The van der Waals surface area contributed by atoms with Crippen LogP contribution in [0.2, 0.25) is 0 Å². The predicted molar refractivity (Wildman–Crippen MR) is 99.0 cm³/mol. The second kappa shape index (κ2) is 9.46. The van der Waals surface area contributed by atoms with E-state index in [-0.39, 0.29) is 23.3 Å². The Kier molecular flexibility index (Phi) is 7.31. The number of hydrogen-bond donors (Lipinski definition) is 2. The van der Waals surface area contributed by atoms with Crippen molar-refractivity contribution in [3.05, 3.63) is 29.8 Å². The first-order valence-corrected chi connectivity index (χ1v) is 9.59. The topological polar surface area (TPSA) is 86.7 Å². The summed E-state index contributed by atoms with van der Waals surface area (Å²) in [5, 5.41) is 11.2. The Labute approximate surface area is 152 Å². The number of benzene rings is 1. The van der Waals surface area contributed by atoms with Gasteiger partial charge in [0.05, 0.1) is 11.5 Å². The number of amides is 2. The standard InChI is InChI=1S/C18H24N2O4S/c1-20(15-5-3-2-4-6-15)18(24)13-7-9-14(10-8-13)19-16(21)11-25-12-17(22)23/h7-10,15H,2-6,11-12H2,1H3,(H,19,21)(H,22,23). The van der Waals surface area contributed by atoms with Crippen molar-refractivity contribution in [1.29, 1.82) is 0 Å². The molecule has 2 rings (SSSR count). The molecule has 0 saturated heterocycles. The van der Waals surface area contributed by atoms with Crippen molar-refractivity contribution in [2.75, 3.05) is 23.9 Å². The van der Waals surface area contributed by atoms with E-state index in [1.54, 1.807) is 24.3 Å². The van der Waals surface area contributed by atoms with Gasteiger partial charge in [-0.25, -0.2) is 0 Å². The third-order valence-corrected chi connectivity index (χ3v) is 5.23. The molecule has 7 heteroatoms. The maximum Gasteiger partial charge on any atom is 0.313 e. The van der Waals surface area contributed by atoms with Gasteiger partial charge < -0.3 is 15.3 Å². The van der Waals surface area contributed by atoms with E-state index in [1.165, 1.54) is 19.3 Å². The van der Waals surface area contributed by atoms with Gasteiger partial charge in [0, 0.05) is 24.3 Å². The molecule has 1 aliphatic carbocycles. The Hall–Kier alpha value is -2.02. The molecule has 0 radical (unpaired) electrons. The zero-order valence-electron chi connectivity index (χ0n) is 14.4. The van der Waals surface area contributed by atoms with Crippen LogP contribution in [0.4, 0.5) is 5.69 Å². The van der Waals surface area contributed by atoms with Crippen LogP contribution >= 0.6 is 11.8 Å². The SMILES string of the molecule is CN(C(=O)c1ccc(NC(=O)CSCC(=O)O)cc1)C1CCCCC1. The van der Waals surface area contributed by atoms with Gasteiger partial charge in [-0.2, -0.15) is 0 Å². The molecular weight excluding hydrogens is 340 g/mol. The summed E-state index contributed by atoms with van der Waals surface area (Å²) in [4.78, 5) is 36.5. The van der Waals surface area contributed by atoms with Gasteiger partial charge in [0.2, 0.25) is 5.91 Å². The Morgan fingerprint density at radius 2 is 1.76 bits per heavy atom. The van der Waals surface area contributed by atoms with Crippen LogP contribution in [0.3, 0.4) is 0 Å². The lowest BCUT2D eigenvalue weighted by atomic mass is 9.94. The largest absolute Gasteiger partial charge is 0.481 e. The lowest BCUT2D eigenvalue weighted by Crippen LogP contribution is -2.38. The summed E-state index contributed by atoms with van der Waals surface area (Å²) >= 11 is 1.04. The highest BCUT2D eigenvalue weighted by molar-refractivity contribution is 8.00. The predicted octanol–water partition coefficient (Wildman–Crippen LogP) is 2.85. The van der Waals surface area contributed by atoms with Gasteiger partial charge in [0.25, 0.3) is 5.91 Å². The third-order valence-electron chi connectivity index (χ3n) is 4.32. The molecule has 0 atom stereocenters. The average Bonchev–Trinajstić information content (AvgIpc) is 2.61. The van der Waals surface area contributed by atoms with Crippen LogP contribution in [0.5, 0.6) is 0 Å². The molecule has 2 amide bonds. The molecule has 0 aliphatic heterocycles. The van der Waals surface area contributed by atoms with Crippen molar-refractivity contribution in [3.8, 4) is 0 Å². The van der Waals surface area contributed by atoms with E-state index >= 15 is 0 Å². The second-order valence-corrected chi connectivity index (χ2v) is 7.21. The number of hydrogen-bond acceptors (Lipinski definition) is 4. The summed E-state index contributed by atoms with van der Waals surface area (Å²) in [7, 11) is 1.85. The molecule has 6 nitrogen and oxygen atoms in total. The first-order chi connectivity index (χ1) is 12.0. The summed E-state index contributed by atoms with van der Waals surface area (Å²) < 4.78 is 0. The Morgan fingerprint density at radius 1 is 1.12 bits per heavy atom. The highest BCUT2D eigenvalue weighted by atomic mass is 32.2. The number of nitrogens with one attached hydrogen (secondary N) is 1. The van der Waals surface area contributed by atoms with E-state index < -0.39 is 5.97 Å². The molecule has 25 heavy (non-hydrogen) atoms. The zero-order chi connectivity index (χ0) is 18.2. The van der Waals surface area contributed by atoms with E-state index in [0.29, 0.717) is 17.3 Å². The first-order valence-electron chi connectivity index (χ1n) is 8.44. The van der Waals surface area contributed by atoms with Crippen molar-refractivity contribution in [2.24, 2.45) is 0 Å². The number of carbonyl (C=O) groups is 3. The monoisotopic (exact) mass is 364 g/mol. The van der Waals surface area contributed by atoms with Crippen LogP contribution in [-0.2, 0) is 9.59 Å².